The minimum Gasteiger partial charge on any atom is -0.378 e. The molecular weight excluding hydrogens is 368 g/mol. The minimum atomic E-state index is -0.124. The summed E-state index contributed by atoms with van der Waals surface area (Å²) in [6, 6.07) is 2.17. The van der Waals surface area contributed by atoms with Crippen molar-refractivity contribution in [2.24, 2.45) is 11.8 Å². The molecule has 7 heteroatoms. The van der Waals surface area contributed by atoms with E-state index in [0.717, 1.165) is 43.7 Å². The summed E-state index contributed by atoms with van der Waals surface area (Å²) in [5.41, 5.74) is 2.78. The van der Waals surface area contributed by atoms with Crippen molar-refractivity contribution in [1.29, 1.82) is 0 Å². The maximum atomic E-state index is 13.1. The summed E-state index contributed by atoms with van der Waals surface area (Å²) in [6.07, 6.45) is 8.73. The van der Waals surface area contributed by atoms with Crippen molar-refractivity contribution in [3.63, 3.8) is 0 Å². The van der Waals surface area contributed by atoms with Crippen molar-refractivity contribution in [3.8, 4) is 0 Å². The molecule has 4 rings (SSSR count). The summed E-state index contributed by atoms with van der Waals surface area (Å²) in [4.78, 5) is 22.0. The van der Waals surface area contributed by atoms with Crippen molar-refractivity contribution in [1.82, 2.24) is 19.7 Å². The topological polar surface area (TPSA) is 77.8 Å². The molecule has 2 saturated carbocycles. The van der Waals surface area contributed by atoms with Gasteiger partial charge in [-0.05, 0) is 56.9 Å². The van der Waals surface area contributed by atoms with Crippen LogP contribution in [-0.2, 0) is 16.1 Å². The molecule has 0 spiro atoms. The molecule has 1 amide bonds. The van der Waals surface area contributed by atoms with Crippen molar-refractivity contribution in [2.75, 3.05) is 13.7 Å². The molecular formula is C22H32N4O3. The Balaban J connectivity index is 1.47. The number of unbranched alkanes of at least 4 members (excludes halogenated alkanes) is 1. The first-order valence-electron chi connectivity index (χ1n) is 10.9. The van der Waals surface area contributed by atoms with Gasteiger partial charge in [0.2, 0.25) is 0 Å². The maximum Gasteiger partial charge on any atom is 0.274 e. The Labute approximate surface area is 172 Å². The molecule has 0 aromatic carbocycles. The normalized spacial score (nSPS) is 26.2. The molecule has 2 aliphatic carbocycles. The standard InChI is InChI=1S/C22H32N4O3/c1-4-5-8-29-18-10-15-6-7-16(11-18)19(15)25-22(27)20-21-24-14(2)9-17(12-28-3)26(21)13-23-20/h9,13,15-16,18-19H,4-8,10-12H2,1-3H3,(H,25,27)/t15-,16+,18+,19-. The third kappa shape index (κ3) is 4.16. The van der Waals surface area contributed by atoms with Gasteiger partial charge in [0.1, 0.15) is 6.33 Å². The molecule has 2 aromatic heterocycles. The van der Waals surface area contributed by atoms with Crippen LogP contribution < -0.4 is 5.32 Å². The van der Waals surface area contributed by atoms with Gasteiger partial charge in [-0.15, -0.1) is 0 Å². The minimum absolute atomic E-state index is 0.124. The van der Waals surface area contributed by atoms with Gasteiger partial charge >= 0.3 is 0 Å². The molecule has 0 radical (unpaired) electrons. The quantitative estimate of drug-likeness (QED) is 0.688. The Hall–Kier alpha value is -1.99. The van der Waals surface area contributed by atoms with E-state index in [2.05, 4.69) is 22.2 Å². The van der Waals surface area contributed by atoms with E-state index in [4.69, 9.17) is 9.47 Å². The van der Waals surface area contributed by atoms with Gasteiger partial charge in [0, 0.05) is 25.5 Å². The molecule has 158 valence electrons. The second-order valence-electron chi connectivity index (χ2n) is 8.52. The average molecular weight is 401 g/mol. The lowest BCUT2D eigenvalue weighted by atomic mass is 9.82. The highest BCUT2D eigenvalue weighted by Gasteiger charge is 2.44. The molecule has 2 heterocycles. The van der Waals surface area contributed by atoms with Crippen LogP contribution in [0.2, 0.25) is 0 Å². The molecule has 2 bridgehead atoms. The summed E-state index contributed by atoms with van der Waals surface area (Å²) in [5, 5.41) is 3.29. The largest absolute Gasteiger partial charge is 0.378 e. The third-order valence-electron chi connectivity index (χ3n) is 6.42. The molecule has 4 atom stereocenters. The lowest BCUT2D eigenvalue weighted by Gasteiger charge is -2.35. The number of hydrogen-bond donors (Lipinski definition) is 1. The smallest absolute Gasteiger partial charge is 0.274 e. The Morgan fingerprint density at radius 1 is 1.31 bits per heavy atom. The second kappa shape index (κ2) is 8.79. The van der Waals surface area contributed by atoms with E-state index in [9.17, 15) is 4.79 Å². The van der Waals surface area contributed by atoms with Crippen molar-refractivity contribution >= 4 is 11.6 Å². The number of fused-ring (bicyclic) bond motifs is 3. The summed E-state index contributed by atoms with van der Waals surface area (Å²) in [7, 11) is 1.66. The fourth-order valence-electron chi connectivity index (χ4n) is 5.05. The Kier molecular flexibility index (Phi) is 6.15. The number of aryl methyl sites for hydroxylation is 1. The van der Waals surface area contributed by atoms with Crippen LogP contribution in [0.1, 0.15) is 67.3 Å². The second-order valence-corrected chi connectivity index (χ2v) is 8.52. The van der Waals surface area contributed by atoms with E-state index in [0.29, 0.717) is 35.9 Å². The van der Waals surface area contributed by atoms with Crippen LogP contribution in [-0.4, -0.2) is 46.1 Å². The van der Waals surface area contributed by atoms with Gasteiger partial charge in [0.25, 0.3) is 5.91 Å². The van der Waals surface area contributed by atoms with E-state index in [1.54, 1.807) is 13.4 Å². The molecule has 2 aliphatic rings. The Bertz CT molecular complexity index is 851. The van der Waals surface area contributed by atoms with Gasteiger partial charge in [0.15, 0.2) is 11.3 Å². The van der Waals surface area contributed by atoms with E-state index in [1.165, 1.54) is 12.8 Å². The van der Waals surface area contributed by atoms with Crippen LogP contribution in [0, 0.1) is 18.8 Å². The van der Waals surface area contributed by atoms with Gasteiger partial charge < -0.3 is 14.8 Å². The van der Waals surface area contributed by atoms with Gasteiger partial charge in [-0.2, -0.15) is 0 Å². The fraction of sp³-hybridized carbons (Fsp3) is 0.682. The lowest BCUT2D eigenvalue weighted by Crippen LogP contribution is -2.46. The molecule has 29 heavy (non-hydrogen) atoms. The fourth-order valence-corrected chi connectivity index (χ4v) is 5.05. The molecule has 0 unspecified atom stereocenters. The van der Waals surface area contributed by atoms with Crippen LogP contribution >= 0.6 is 0 Å². The van der Waals surface area contributed by atoms with Crippen LogP contribution in [0.3, 0.4) is 0 Å². The SMILES string of the molecule is CCCCO[C@H]1C[C@H]2CC[C@@H](C1)[C@@H]2NC(=O)c1ncn2c(COC)cc(C)nc12. The van der Waals surface area contributed by atoms with Crippen molar-refractivity contribution in [2.45, 2.75) is 71.1 Å². The number of amides is 1. The monoisotopic (exact) mass is 400 g/mol. The molecule has 1 N–H and O–H groups in total. The number of nitrogens with one attached hydrogen (secondary N) is 1. The van der Waals surface area contributed by atoms with E-state index in [1.807, 2.05) is 17.4 Å². The van der Waals surface area contributed by atoms with E-state index < -0.39 is 0 Å². The predicted molar refractivity (Wildman–Crippen MR) is 110 cm³/mol. The number of aromatic nitrogens is 3. The lowest BCUT2D eigenvalue weighted by molar-refractivity contribution is -0.00121. The van der Waals surface area contributed by atoms with Gasteiger partial charge in [-0.3, -0.25) is 9.20 Å². The predicted octanol–water partition coefficient (Wildman–Crippen LogP) is 3.29. The number of carbonyl (C=O) groups is 1. The first-order chi connectivity index (χ1) is 14.1. The van der Waals surface area contributed by atoms with Crippen molar-refractivity contribution in [3.05, 3.63) is 29.5 Å². The zero-order valence-electron chi connectivity index (χ0n) is 17.7. The highest BCUT2D eigenvalue weighted by Crippen LogP contribution is 2.43. The first-order valence-corrected chi connectivity index (χ1v) is 10.9. The summed E-state index contributed by atoms with van der Waals surface area (Å²) < 4.78 is 13.2. The zero-order chi connectivity index (χ0) is 20.4. The maximum absolute atomic E-state index is 13.1. The number of hydrogen-bond acceptors (Lipinski definition) is 5. The highest BCUT2D eigenvalue weighted by atomic mass is 16.5. The zero-order valence-corrected chi connectivity index (χ0v) is 17.7. The van der Waals surface area contributed by atoms with Crippen molar-refractivity contribution < 1.29 is 14.3 Å². The molecule has 7 nitrogen and oxygen atoms in total. The van der Waals surface area contributed by atoms with Crippen LogP contribution in [0.4, 0.5) is 0 Å². The van der Waals surface area contributed by atoms with E-state index >= 15 is 0 Å². The number of ether oxygens (including phenoxy) is 2. The van der Waals surface area contributed by atoms with Crippen LogP contribution in [0.25, 0.3) is 5.65 Å². The Morgan fingerprint density at radius 2 is 2.07 bits per heavy atom. The van der Waals surface area contributed by atoms with Gasteiger partial charge in [-0.25, -0.2) is 9.97 Å². The first kappa shape index (κ1) is 20.3. The number of imidazole rings is 1. The summed E-state index contributed by atoms with van der Waals surface area (Å²) in [6.45, 7) is 5.41. The number of methoxy groups -OCH3 is 1. The van der Waals surface area contributed by atoms with Gasteiger partial charge in [-0.1, -0.05) is 13.3 Å². The van der Waals surface area contributed by atoms with Gasteiger partial charge in [0.05, 0.1) is 18.4 Å². The summed E-state index contributed by atoms with van der Waals surface area (Å²) in [5.74, 6) is 0.870. The summed E-state index contributed by atoms with van der Waals surface area (Å²) >= 11 is 0. The number of rotatable bonds is 8. The third-order valence-corrected chi connectivity index (χ3v) is 6.42. The Morgan fingerprint density at radius 3 is 2.76 bits per heavy atom. The molecule has 2 aromatic rings. The van der Waals surface area contributed by atoms with E-state index in [-0.39, 0.29) is 11.9 Å². The molecule has 0 aliphatic heterocycles. The molecule has 2 fully saturated rings. The van der Waals surface area contributed by atoms with Crippen LogP contribution in [0.15, 0.2) is 12.4 Å². The number of nitrogens with zero attached hydrogens (tertiary/aromatic N) is 3. The highest BCUT2D eigenvalue weighted by molar-refractivity contribution is 5.98. The molecule has 0 saturated heterocycles. The van der Waals surface area contributed by atoms with Crippen LogP contribution in [0.5, 0.6) is 0 Å². The number of carbonyl (C=O) groups excluding carboxylic acids is 1. The average Bonchev–Trinajstić information content (AvgIpc) is 3.20.